The van der Waals surface area contributed by atoms with Gasteiger partial charge in [-0.05, 0) is 44.4 Å². The van der Waals surface area contributed by atoms with Crippen molar-refractivity contribution in [3.8, 4) is 11.5 Å². The van der Waals surface area contributed by atoms with Gasteiger partial charge in [0.05, 0.1) is 12.2 Å². The van der Waals surface area contributed by atoms with Crippen LogP contribution in [0.2, 0.25) is 5.02 Å². The zero-order valence-corrected chi connectivity index (χ0v) is 17.5. The molecule has 2 saturated heterocycles. The third-order valence-electron chi connectivity index (χ3n) is 5.77. The third kappa shape index (κ3) is 3.87. The van der Waals surface area contributed by atoms with Crippen LogP contribution in [0.4, 0.5) is 10.2 Å². The van der Waals surface area contributed by atoms with Gasteiger partial charge in [0.15, 0.2) is 11.6 Å². The molecule has 0 bridgehead atoms. The highest BCUT2D eigenvalue weighted by atomic mass is 35.5. The highest BCUT2D eigenvalue weighted by Crippen LogP contribution is 2.35. The van der Waals surface area contributed by atoms with Crippen LogP contribution < -0.4 is 10.2 Å². The third-order valence-corrected chi connectivity index (χ3v) is 5.99. The van der Waals surface area contributed by atoms with E-state index in [1.807, 2.05) is 6.07 Å². The maximum atomic E-state index is 14.6. The first-order valence-electron chi connectivity index (χ1n) is 10.3. The number of anilines is 1. The first kappa shape index (κ1) is 19.7. The fourth-order valence-electron chi connectivity index (χ4n) is 4.26. The van der Waals surface area contributed by atoms with E-state index in [0.717, 1.165) is 45.6 Å². The number of aryl methyl sites for hydroxylation is 1. The minimum Gasteiger partial charge on any atom is -0.380 e. The van der Waals surface area contributed by atoms with Gasteiger partial charge >= 0.3 is 0 Å². The van der Waals surface area contributed by atoms with E-state index in [0.29, 0.717) is 45.6 Å². The number of halogens is 2. The van der Waals surface area contributed by atoms with Crippen molar-refractivity contribution in [2.24, 2.45) is 0 Å². The lowest BCUT2D eigenvalue weighted by atomic mass is 10.0. The van der Waals surface area contributed by atoms with Crippen LogP contribution in [0.1, 0.15) is 25.1 Å². The van der Waals surface area contributed by atoms with Gasteiger partial charge < -0.3 is 19.5 Å². The van der Waals surface area contributed by atoms with Gasteiger partial charge in [0.2, 0.25) is 0 Å². The topological polar surface area (TPSA) is 76.3 Å². The van der Waals surface area contributed by atoms with E-state index in [1.54, 1.807) is 13.0 Å². The number of fused-ring (bicyclic) bond motifs is 1. The molecule has 0 unspecified atom stereocenters. The van der Waals surface area contributed by atoms with Gasteiger partial charge in [0, 0.05) is 42.2 Å². The smallest absolute Gasteiger partial charge is 0.261 e. The summed E-state index contributed by atoms with van der Waals surface area (Å²) in [6, 6.07) is 5.70. The fourth-order valence-corrected chi connectivity index (χ4v) is 4.48. The molecule has 0 aliphatic carbocycles. The molecule has 158 valence electrons. The van der Waals surface area contributed by atoms with Crippen LogP contribution in [0.5, 0.6) is 0 Å². The SMILES string of the molecule is Cc1noc(-c2cc3cc(Cl)cc(F)c3nc2N2CCC(N[C@H]3CCOC3)CC2)n1. The summed E-state index contributed by atoms with van der Waals surface area (Å²) < 4.78 is 25.5. The first-order valence-corrected chi connectivity index (χ1v) is 10.6. The number of nitrogens with zero attached hydrogens (tertiary/aromatic N) is 4. The van der Waals surface area contributed by atoms with Gasteiger partial charge in [-0.1, -0.05) is 16.8 Å². The highest BCUT2D eigenvalue weighted by molar-refractivity contribution is 6.31. The Labute approximate surface area is 178 Å². The molecule has 4 heterocycles. The van der Waals surface area contributed by atoms with Crippen molar-refractivity contribution in [2.45, 2.75) is 38.3 Å². The molecule has 2 aliphatic heterocycles. The minimum atomic E-state index is -0.440. The minimum absolute atomic E-state index is 0.290. The Kier molecular flexibility index (Phi) is 5.30. The molecular weight excluding hydrogens is 409 g/mol. The number of piperidine rings is 1. The molecule has 30 heavy (non-hydrogen) atoms. The van der Waals surface area contributed by atoms with Crippen LogP contribution in [0, 0.1) is 12.7 Å². The number of ether oxygens (including phenoxy) is 1. The molecule has 0 radical (unpaired) electrons. The second-order valence-corrected chi connectivity index (χ2v) is 8.39. The van der Waals surface area contributed by atoms with E-state index in [9.17, 15) is 4.39 Å². The second kappa shape index (κ2) is 8.09. The average Bonchev–Trinajstić information content (AvgIpc) is 3.39. The Hall–Kier alpha value is -2.29. The second-order valence-electron chi connectivity index (χ2n) is 7.95. The van der Waals surface area contributed by atoms with Gasteiger partial charge in [-0.2, -0.15) is 4.98 Å². The van der Waals surface area contributed by atoms with Crippen molar-refractivity contribution in [1.29, 1.82) is 0 Å². The fraction of sp³-hybridized carbons (Fsp3) is 0.476. The summed E-state index contributed by atoms with van der Waals surface area (Å²) in [6.45, 7) is 4.99. The molecule has 2 aliphatic rings. The summed E-state index contributed by atoms with van der Waals surface area (Å²) in [5, 5.41) is 8.53. The highest BCUT2D eigenvalue weighted by Gasteiger charge is 2.27. The van der Waals surface area contributed by atoms with Crippen molar-refractivity contribution >= 4 is 28.3 Å². The van der Waals surface area contributed by atoms with Crippen molar-refractivity contribution in [2.75, 3.05) is 31.2 Å². The van der Waals surface area contributed by atoms with E-state index in [2.05, 4.69) is 25.3 Å². The molecule has 1 atom stereocenters. The molecule has 0 spiro atoms. The molecule has 0 amide bonds. The largest absolute Gasteiger partial charge is 0.380 e. The van der Waals surface area contributed by atoms with Crippen LogP contribution in [-0.4, -0.2) is 53.5 Å². The number of pyridine rings is 1. The standard InChI is InChI=1S/C21H23ClFN5O2/c1-12-24-21(30-27-12)17-9-13-8-14(22)10-18(23)19(13)26-20(17)28-5-2-15(3-6-28)25-16-4-7-29-11-16/h8-10,15-16,25H,2-7,11H2,1H3/t16-/m0/s1. The summed E-state index contributed by atoms with van der Waals surface area (Å²) in [6.07, 6.45) is 3.01. The quantitative estimate of drug-likeness (QED) is 0.674. The Morgan fingerprint density at radius 1 is 1.13 bits per heavy atom. The van der Waals surface area contributed by atoms with Gasteiger partial charge in [-0.15, -0.1) is 0 Å². The number of hydrogen-bond donors (Lipinski definition) is 1. The molecule has 7 nitrogen and oxygen atoms in total. The van der Waals surface area contributed by atoms with Crippen LogP contribution in [0.15, 0.2) is 22.7 Å². The van der Waals surface area contributed by atoms with Gasteiger partial charge in [-0.25, -0.2) is 9.37 Å². The maximum Gasteiger partial charge on any atom is 0.261 e. The van der Waals surface area contributed by atoms with Crippen molar-refractivity contribution in [3.63, 3.8) is 0 Å². The van der Waals surface area contributed by atoms with Crippen LogP contribution >= 0.6 is 11.6 Å². The molecule has 1 aromatic carbocycles. The summed E-state index contributed by atoms with van der Waals surface area (Å²) >= 11 is 6.06. The van der Waals surface area contributed by atoms with E-state index >= 15 is 0 Å². The van der Waals surface area contributed by atoms with Gasteiger partial charge in [0.1, 0.15) is 11.3 Å². The lowest BCUT2D eigenvalue weighted by Crippen LogP contribution is -2.46. The number of rotatable bonds is 4. The first-order chi connectivity index (χ1) is 14.6. The Morgan fingerprint density at radius 3 is 2.67 bits per heavy atom. The molecule has 3 aromatic rings. The van der Waals surface area contributed by atoms with Crippen molar-refractivity contribution < 1.29 is 13.7 Å². The van der Waals surface area contributed by atoms with Crippen molar-refractivity contribution in [3.05, 3.63) is 34.9 Å². The molecule has 5 rings (SSSR count). The molecular formula is C21H23ClFN5O2. The Morgan fingerprint density at radius 2 is 1.97 bits per heavy atom. The number of aromatic nitrogens is 3. The zero-order valence-electron chi connectivity index (χ0n) is 16.7. The number of hydrogen-bond acceptors (Lipinski definition) is 7. The van der Waals surface area contributed by atoms with Gasteiger partial charge in [0.25, 0.3) is 5.89 Å². The van der Waals surface area contributed by atoms with Crippen LogP contribution in [-0.2, 0) is 4.74 Å². The van der Waals surface area contributed by atoms with Gasteiger partial charge in [-0.3, -0.25) is 0 Å². The molecule has 2 aromatic heterocycles. The number of nitrogens with one attached hydrogen (secondary N) is 1. The molecule has 2 fully saturated rings. The summed E-state index contributed by atoms with van der Waals surface area (Å²) in [5.41, 5.74) is 0.984. The van der Waals surface area contributed by atoms with E-state index in [4.69, 9.17) is 20.9 Å². The Bertz CT molecular complexity index is 1060. The van der Waals surface area contributed by atoms with Crippen molar-refractivity contribution in [1.82, 2.24) is 20.4 Å². The normalized spacial score (nSPS) is 20.4. The van der Waals surface area contributed by atoms with Crippen LogP contribution in [0.25, 0.3) is 22.4 Å². The molecule has 1 N–H and O–H groups in total. The predicted octanol–water partition coefficient (Wildman–Crippen LogP) is 3.73. The summed E-state index contributed by atoms with van der Waals surface area (Å²) in [5.74, 6) is 1.13. The summed E-state index contributed by atoms with van der Waals surface area (Å²) in [4.78, 5) is 11.2. The maximum absolute atomic E-state index is 14.6. The van der Waals surface area contributed by atoms with E-state index < -0.39 is 5.82 Å². The summed E-state index contributed by atoms with van der Waals surface area (Å²) in [7, 11) is 0. The Balaban J connectivity index is 1.46. The van der Waals surface area contributed by atoms with Crippen LogP contribution in [0.3, 0.4) is 0 Å². The lowest BCUT2D eigenvalue weighted by Gasteiger charge is -2.35. The number of benzene rings is 1. The zero-order chi connectivity index (χ0) is 20.7. The predicted molar refractivity (Wildman–Crippen MR) is 112 cm³/mol. The molecule has 0 saturated carbocycles. The van der Waals surface area contributed by atoms with E-state index in [1.165, 1.54) is 6.07 Å². The average molecular weight is 432 g/mol. The monoisotopic (exact) mass is 431 g/mol. The van der Waals surface area contributed by atoms with E-state index in [-0.39, 0.29) is 5.52 Å². The molecule has 9 heteroatoms. The lowest BCUT2D eigenvalue weighted by molar-refractivity contribution is 0.186.